The third-order valence-electron chi connectivity index (χ3n) is 3.55. The summed E-state index contributed by atoms with van der Waals surface area (Å²) in [6.07, 6.45) is 2.09. The van der Waals surface area contributed by atoms with Gasteiger partial charge in [0, 0.05) is 19.0 Å². The minimum Gasteiger partial charge on any atom is -0.444 e. The highest BCUT2D eigenvalue weighted by atomic mass is 16.6. The van der Waals surface area contributed by atoms with E-state index in [2.05, 4.69) is 18.8 Å². The normalized spacial score (nSPS) is 18.8. The van der Waals surface area contributed by atoms with Crippen LogP contribution >= 0.6 is 0 Å². The van der Waals surface area contributed by atoms with Gasteiger partial charge in [-0.2, -0.15) is 0 Å². The fourth-order valence-electron chi connectivity index (χ4n) is 2.63. The Hall–Kier alpha value is -1.56. The number of carbonyl (C=O) groups excluding carboxylic acids is 1. The largest absolute Gasteiger partial charge is 0.444 e. The molecule has 1 aliphatic heterocycles. The molecule has 0 saturated heterocycles. The number of fused-ring (bicyclic) bond motifs is 1. The number of imidazole rings is 1. The van der Waals surface area contributed by atoms with Crippen LogP contribution in [0.15, 0.2) is 6.33 Å². The summed E-state index contributed by atoms with van der Waals surface area (Å²) in [7, 11) is 0. The minimum atomic E-state index is -0.546. The first-order valence-corrected chi connectivity index (χ1v) is 7.40. The number of hydrogen-bond acceptors (Lipinski definition) is 4. The molecular formula is C15H25N3O3. The van der Waals surface area contributed by atoms with Gasteiger partial charge in [-0.3, -0.25) is 4.90 Å². The summed E-state index contributed by atoms with van der Waals surface area (Å²) in [5.74, 6) is 0. The molecule has 1 unspecified atom stereocenters. The van der Waals surface area contributed by atoms with E-state index in [4.69, 9.17) is 4.74 Å². The second-order valence-corrected chi connectivity index (χ2v) is 6.70. The first-order chi connectivity index (χ1) is 9.74. The molecule has 0 saturated carbocycles. The Kier molecular flexibility index (Phi) is 4.27. The van der Waals surface area contributed by atoms with Crippen molar-refractivity contribution in [1.29, 1.82) is 0 Å². The fraction of sp³-hybridized carbons (Fsp3) is 0.733. The zero-order valence-electron chi connectivity index (χ0n) is 13.5. The van der Waals surface area contributed by atoms with Crippen LogP contribution in [0.1, 0.15) is 58.1 Å². The molecule has 6 heteroatoms. The monoisotopic (exact) mass is 295 g/mol. The average Bonchev–Trinajstić information content (AvgIpc) is 2.79. The Labute approximate surface area is 125 Å². The number of hydrogen-bond donors (Lipinski definition) is 1. The van der Waals surface area contributed by atoms with E-state index < -0.39 is 11.6 Å². The van der Waals surface area contributed by atoms with Gasteiger partial charge in [0.05, 0.1) is 24.3 Å². The molecule has 1 amide bonds. The number of aromatic nitrogens is 2. The van der Waals surface area contributed by atoms with Gasteiger partial charge in [0.15, 0.2) is 0 Å². The van der Waals surface area contributed by atoms with E-state index in [9.17, 15) is 9.90 Å². The number of carbonyl (C=O) groups is 1. The van der Waals surface area contributed by atoms with Crippen molar-refractivity contribution in [2.45, 2.75) is 58.7 Å². The zero-order valence-corrected chi connectivity index (χ0v) is 13.5. The van der Waals surface area contributed by atoms with Gasteiger partial charge < -0.3 is 14.4 Å². The maximum Gasteiger partial charge on any atom is 0.410 e. The third kappa shape index (κ3) is 3.20. The summed E-state index contributed by atoms with van der Waals surface area (Å²) in [6.45, 7) is 10.0. The summed E-state index contributed by atoms with van der Waals surface area (Å²) in [4.78, 5) is 18.4. The first-order valence-electron chi connectivity index (χ1n) is 7.40. The molecule has 2 heterocycles. The predicted molar refractivity (Wildman–Crippen MR) is 79.1 cm³/mol. The number of amides is 1. The molecule has 1 N–H and O–H groups in total. The lowest BCUT2D eigenvalue weighted by molar-refractivity contribution is 0.00553. The maximum absolute atomic E-state index is 12.4. The summed E-state index contributed by atoms with van der Waals surface area (Å²) in [5, 5.41) is 9.79. The molecule has 6 nitrogen and oxygen atoms in total. The summed E-state index contributed by atoms with van der Waals surface area (Å²) in [6, 6.07) is -0.164. The van der Waals surface area contributed by atoms with Crippen LogP contribution in [0.3, 0.4) is 0 Å². The van der Waals surface area contributed by atoms with Gasteiger partial charge in [-0.15, -0.1) is 0 Å². The van der Waals surface area contributed by atoms with Crippen molar-refractivity contribution in [3.63, 3.8) is 0 Å². The van der Waals surface area contributed by atoms with Gasteiger partial charge in [-0.25, -0.2) is 9.78 Å². The molecule has 118 valence electrons. The number of ether oxygens (including phenoxy) is 1. The average molecular weight is 295 g/mol. The SMILES string of the molecule is CC(C)n1cnc2c1C(CO)N(C(=O)OC(C)(C)C)CC2. The van der Waals surface area contributed by atoms with Crippen LogP contribution in [0.5, 0.6) is 0 Å². The molecule has 0 spiro atoms. The smallest absolute Gasteiger partial charge is 0.410 e. The van der Waals surface area contributed by atoms with Crippen LogP contribution in [-0.4, -0.2) is 44.4 Å². The van der Waals surface area contributed by atoms with E-state index in [1.54, 1.807) is 11.2 Å². The van der Waals surface area contributed by atoms with Crippen molar-refractivity contribution in [2.75, 3.05) is 13.2 Å². The van der Waals surface area contributed by atoms with E-state index >= 15 is 0 Å². The number of rotatable bonds is 2. The third-order valence-corrected chi connectivity index (χ3v) is 3.55. The van der Waals surface area contributed by atoms with E-state index in [0.29, 0.717) is 13.0 Å². The lowest BCUT2D eigenvalue weighted by Crippen LogP contribution is -2.45. The van der Waals surface area contributed by atoms with Crippen LogP contribution in [0.2, 0.25) is 0 Å². The first kappa shape index (κ1) is 15.8. The van der Waals surface area contributed by atoms with Gasteiger partial charge >= 0.3 is 6.09 Å². The van der Waals surface area contributed by atoms with Gasteiger partial charge in [-0.1, -0.05) is 0 Å². The zero-order chi connectivity index (χ0) is 15.8. The summed E-state index contributed by atoms with van der Waals surface area (Å²) in [5.41, 5.74) is 1.34. The molecule has 0 aliphatic carbocycles. The second-order valence-electron chi connectivity index (χ2n) is 6.70. The lowest BCUT2D eigenvalue weighted by atomic mass is 10.0. The molecule has 1 aromatic heterocycles. The van der Waals surface area contributed by atoms with Crippen LogP contribution in [0.4, 0.5) is 4.79 Å². The van der Waals surface area contributed by atoms with E-state index in [0.717, 1.165) is 11.4 Å². The maximum atomic E-state index is 12.4. The van der Waals surface area contributed by atoms with E-state index in [1.807, 2.05) is 25.3 Å². The number of aliphatic hydroxyl groups excluding tert-OH is 1. The Balaban J connectivity index is 2.31. The van der Waals surface area contributed by atoms with Crippen molar-refractivity contribution < 1.29 is 14.6 Å². The Morgan fingerprint density at radius 2 is 2.19 bits per heavy atom. The van der Waals surface area contributed by atoms with Crippen molar-refractivity contribution in [2.24, 2.45) is 0 Å². The standard InChI is InChI=1S/C15H25N3O3/c1-10(2)18-9-16-11-6-7-17(12(8-19)13(11)18)14(20)21-15(3,4)5/h9-10,12,19H,6-8H2,1-5H3. The highest BCUT2D eigenvalue weighted by Gasteiger charge is 2.36. The van der Waals surface area contributed by atoms with Crippen LogP contribution in [-0.2, 0) is 11.2 Å². The van der Waals surface area contributed by atoms with Crippen LogP contribution in [0.25, 0.3) is 0 Å². The Morgan fingerprint density at radius 1 is 1.52 bits per heavy atom. The Morgan fingerprint density at radius 3 is 2.71 bits per heavy atom. The summed E-state index contributed by atoms with van der Waals surface area (Å²) >= 11 is 0. The van der Waals surface area contributed by atoms with E-state index in [1.165, 1.54) is 0 Å². The topological polar surface area (TPSA) is 67.6 Å². The van der Waals surface area contributed by atoms with Crippen molar-refractivity contribution in [3.05, 3.63) is 17.7 Å². The van der Waals surface area contributed by atoms with Gasteiger partial charge in [0.1, 0.15) is 11.6 Å². The number of aliphatic hydroxyl groups is 1. The van der Waals surface area contributed by atoms with Crippen LogP contribution < -0.4 is 0 Å². The highest BCUT2D eigenvalue weighted by molar-refractivity contribution is 5.69. The highest BCUT2D eigenvalue weighted by Crippen LogP contribution is 2.31. The molecule has 21 heavy (non-hydrogen) atoms. The number of nitrogens with zero attached hydrogens (tertiary/aromatic N) is 3. The van der Waals surface area contributed by atoms with Crippen molar-refractivity contribution >= 4 is 6.09 Å². The fourth-order valence-corrected chi connectivity index (χ4v) is 2.63. The van der Waals surface area contributed by atoms with Crippen LogP contribution in [0, 0.1) is 0 Å². The van der Waals surface area contributed by atoms with Gasteiger partial charge in [-0.05, 0) is 34.6 Å². The second kappa shape index (κ2) is 5.67. The molecular weight excluding hydrogens is 270 g/mol. The summed E-state index contributed by atoms with van der Waals surface area (Å²) < 4.78 is 7.47. The van der Waals surface area contributed by atoms with Crippen molar-refractivity contribution in [1.82, 2.24) is 14.5 Å². The van der Waals surface area contributed by atoms with Gasteiger partial charge in [0.25, 0.3) is 0 Å². The predicted octanol–water partition coefficient (Wildman–Crippen LogP) is 2.29. The van der Waals surface area contributed by atoms with Gasteiger partial charge in [0.2, 0.25) is 0 Å². The molecule has 0 radical (unpaired) electrons. The molecule has 0 aromatic carbocycles. The molecule has 0 bridgehead atoms. The minimum absolute atomic E-state index is 0.134. The molecule has 1 aliphatic rings. The lowest BCUT2D eigenvalue weighted by Gasteiger charge is -2.36. The molecule has 1 aromatic rings. The quantitative estimate of drug-likeness (QED) is 0.909. The van der Waals surface area contributed by atoms with Crippen molar-refractivity contribution in [3.8, 4) is 0 Å². The Bertz CT molecular complexity index is 517. The molecule has 2 rings (SSSR count). The van der Waals surface area contributed by atoms with E-state index in [-0.39, 0.29) is 18.7 Å². The molecule has 0 fully saturated rings. The molecule has 1 atom stereocenters.